The maximum atomic E-state index is 5.45. The van der Waals surface area contributed by atoms with Crippen molar-refractivity contribution in [2.45, 2.75) is 97.4 Å². The van der Waals surface area contributed by atoms with Gasteiger partial charge in [-0.3, -0.25) is 4.99 Å². The third-order valence-electron chi connectivity index (χ3n) is 4.87. The van der Waals surface area contributed by atoms with Gasteiger partial charge in [0.25, 0.3) is 0 Å². The van der Waals surface area contributed by atoms with Crippen LogP contribution in [-0.4, -0.2) is 43.1 Å². The number of nitrogens with zero attached hydrogens (tertiary/aromatic N) is 2. The lowest BCUT2D eigenvalue weighted by Gasteiger charge is -2.29. The van der Waals surface area contributed by atoms with Crippen LogP contribution in [-0.2, 0) is 4.74 Å². The van der Waals surface area contributed by atoms with Crippen LogP contribution in [0, 0.1) is 0 Å². The zero-order valence-corrected chi connectivity index (χ0v) is 16.0. The molecule has 0 amide bonds. The minimum absolute atomic E-state index is 0.538. The van der Waals surface area contributed by atoms with Crippen LogP contribution in [0.25, 0.3) is 0 Å². The fourth-order valence-electron chi connectivity index (χ4n) is 3.30. The topological polar surface area (TPSA) is 24.8 Å². The van der Waals surface area contributed by atoms with Crippen molar-refractivity contribution < 1.29 is 4.74 Å². The van der Waals surface area contributed by atoms with Crippen LogP contribution in [0.4, 0.5) is 0 Å². The molecular weight excluding hydrogens is 284 g/mol. The Balaban J connectivity index is 2.40. The minimum atomic E-state index is 0.538. The molecule has 1 rings (SSSR count). The van der Waals surface area contributed by atoms with E-state index in [-0.39, 0.29) is 0 Å². The molecule has 1 aliphatic rings. The first kappa shape index (κ1) is 20.5. The zero-order chi connectivity index (χ0) is 16.8. The highest BCUT2D eigenvalue weighted by atomic mass is 16.5. The summed E-state index contributed by atoms with van der Waals surface area (Å²) >= 11 is 0. The monoisotopic (exact) mass is 324 g/mol. The average molecular weight is 325 g/mol. The molecule has 3 nitrogen and oxygen atoms in total. The van der Waals surface area contributed by atoms with Crippen LogP contribution in [0.1, 0.15) is 91.4 Å². The van der Waals surface area contributed by atoms with Crippen molar-refractivity contribution in [2.24, 2.45) is 4.99 Å². The maximum Gasteiger partial charge on any atom is 0.0962 e. The standard InChI is InChI=1S/C20H40N2O/c1-4-6-8-10-12-14-20(13-11-9-7-5-2)21-19(3)22-15-17-23-18-16-22/h20H,4-18H2,1-3H3/b21-19-. The van der Waals surface area contributed by atoms with E-state index in [0.717, 1.165) is 26.3 Å². The van der Waals surface area contributed by atoms with Gasteiger partial charge in [0.15, 0.2) is 0 Å². The number of aliphatic imine (C=N–C) groups is 1. The number of hydrogen-bond donors (Lipinski definition) is 0. The number of hydrogen-bond acceptors (Lipinski definition) is 2. The van der Waals surface area contributed by atoms with Gasteiger partial charge in [-0.25, -0.2) is 0 Å². The van der Waals surface area contributed by atoms with Crippen LogP contribution >= 0.6 is 0 Å². The van der Waals surface area contributed by atoms with Crippen molar-refractivity contribution in [1.82, 2.24) is 4.90 Å². The van der Waals surface area contributed by atoms with E-state index >= 15 is 0 Å². The van der Waals surface area contributed by atoms with Gasteiger partial charge < -0.3 is 9.64 Å². The SMILES string of the molecule is CCCCCCCC(CCCCCC)/N=C(/C)N1CCOCC1. The summed E-state index contributed by atoms with van der Waals surface area (Å²) in [6, 6.07) is 0.538. The van der Waals surface area contributed by atoms with Gasteiger partial charge in [-0.1, -0.05) is 71.6 Å². The Morgan fingerprint density at radius 2 is 1.39 bits per heavy atom. The lowest BCUT2D eigenvalue weighted by molar-refractivity contribution is 0.0675. The van der Waals surface area contributed by atoms with Crippen LogP contribution in [0.15, 0.2) is 4.99 Å². The molecule has 0 aromatic carbocycles. The molecule has 1 atom stereocenters. The molecular formula is C20H40N2O. The van der Waals surface area contributed by atoms with Crippen molar-refractivity contribution in [3.63, 3.8) is 0 Å². The van der Waals surface area contributed by atoms with Crippen molar-refractivity contribution in [1.29, 1.82) is 0 Å². The quantitative estimate of drug-likeness (QED) is 0.271. The summed E-state index contributed by atoms with van der Waals surface area (Å²) in [5.41, 5.74) is 0. The Bertz CT molecular complexity index is 298. The van der Waals surface area contributed by atoms with Crippen LogP contribution in [0.5, 0.6) is 0 Å². The molecule has 0 bridgehead atoms. The second-order valence-corrected chi connectivity index (χ2v) is 6.98. The molecule has 0 radical (unpaired) electrons. The van der Waals surface area contributed by atoms with Crippen LogP contribution in [0.3, 0.4) is 0 Å². The van der Waals surface area contributed by atoms with Crippen molar-refractivity contribution in [3.05, 3.63) is 0 Å². The van der Waals surface area contributed by atoms with Crippen LogP contribution < -0.4 is 0 Å². The zero-order valence-electron chi connectivity index (χ0n) is 16.0. The van der Waals surface area contributed by atoms with Gasteiger partial charge >= 0.3 is 0 Å². The molecule has 0 N–H and O–H groups in total. The third kappa shape index (κ3) is 10.0. The molecule has 0 aromatic rings. The summed E-state index contributed by atoms with van der Waals surface area (Å²) in [7, 11) is 0. The highest BCUT2D eigenvalue weighted by Gasteiger charge is 2.14. The van der Waals surface area contributed by atoms with E-state index in [1.807, 2.05) is 0 Å². The van der Waals surface area contributed by atoms with Gasteiger partial charge in [-0.15, -0.1) is 0 Å². The van der Waals surface area contributed by atoms with Gasteiger partial charge in [0.2, 0.25) is 0 Å². The Morgan fingerprint density at radius 1 is 0.870 bits per heavy atom. The Labute approximate surface area is 144 Å². The molecule has 0 spiro atoms. The fraction of sp³-hybridized carbons (Fsp3) is 0.950. The Morgan fingerprint density at radius 3 is 1.96 bits per heavy atom. The average Bonchev–Trinajstić information content (AvgIpc) is 2.59. The van der Waals surface area contributed by atoms with Crippen molar-refractivity contribution in [3.8, 4) is 0 Å². The molecule has 0 aromatic heterocycles. The number of rotatable bonds is 12. The summed E-state index contributed by atoms with van der Waals surface area (Å²) in [5, 5.41) is 0. The molecule has 136 valence electrons. The number of amidine groups is 1. The van der Waals surface area contributed by atoms with E-state index in [0.29, 0.717) is 6.04 Å². The highest BCUT2D eigenvalue weighted by molar-refractivity contribution is 5.80. The first-order valence-corrected chi connectivity index (χ1v) is 10.1. The smallest absolute Gasteiger partial charge is 0.0962 e. The normalized spacial score (nSPS) is 17.5. The van der Waals surface area contributed by atoms with E-state index in [1.54, 1.807) is 0 Å². The van der Waals surface area contributed by atoms with E-state index in [9.17, 15) is 0 Å². The second kappa shape index (κ2) is 13.8. The van der Waals surface area contributed by atoms with Gasteiger partial charge in [0.05, 0.1) is 25.1 Å². The van der Waals surface area contributed by atoms with E-state index < -0.39 is 0 Å². The fourth-order valence-corrected chi connectivity index (χ4v) is 3.30. The number of ether oxygens (including phenoxy) is 1. The van der Waals surface area contributed by atoms with E-state index in [1.165, 1.54) is 76.5 Å². The summed E-state index contributed by atoms with van der Waals surface area (Å²) in [6.07, 6.45) is 14.8. The number of unbranched alkanes of at least 4 members (excludes halogenated alkanes) is 7. The van der Waals surface area contributed by atoms with Crippen LogP contribution in [0.2, 0.25) is 0 Å². The third-order valence-corrected chi connectivity index (χ3v) is 4.87. The molecule has 1 heterocycles. The molecule has 0 aliphatic carbocycles. The molecule has 23 heavy (non-hydrogen) atoms. The molecule has 0 saturated carbocycles. The summed E-state index contributed by atoms with van der Waals surface area (Å²) in [6.45, 7) is 10.5. The van der Waals surface area contributed by atoms with Crippen molar-refractivity contribution in [2.75, 3.05) is 26.3 Å². The molecule has 1 unspecified atom stereocenters. The Kier molecular flexibility index (Phi) is 12.3. The molecule has 1 fully saturated rings. The molecule has 1 saturated heterocycles. The minimum Gasteiger partial charge on any atom is -0.378 e. The second-order valence-electron chi connectivity index (χ2n) is 6.98. The van der Waals surface area contributed by atoms with Gasteiger partial charge in [0.1, 0.15) is 0 Å². The summed E-state index contributed by atoms with van der Waals surface area (Å²) in [5.74, 6) is 1.24. The lowest BCUT2D eigenvalue weighted by Crippen LogP contribution is -2.40. The van der Waals surface area contributed by atoms with Gasteiger partial charge in [0, 0.05) is 13.1 Å². The van der Waals surface area contributed by atoms with Gasteiger partial charge in [-0.05, 0) is 19.8 Å². The predicted octanol–water partition coefficient (Wildman–Crippen LogP) is 5.44. The summed E-state index contributed by atoms with van der Waals surface area (Å²) in [4.78, 5) is 7.51. The summed E-state index contributed by atoms with van der Waals surface area (Å²) < 4.78 is 5.45. The molecule has 1 aliphatic heterocycles. The number of morpholine rings is 1. The molecule has 3 heteroatoms. The van der Waals surface area contributed by atoms with Gasteiger partial charge in [-0.2, -0.15) is 0 Å². The Hall–Kier alpha value is -0.570. The van der Waals surface area contributed by atoms with E-state index in [4.69, 9.17) is 9.73 Å². The first-order valence-electron chi connectivity index (χ1n) is 10.1. The maximum absolute atomic E-state index is 5.45. The van der Waals surface area contributed by atoms with E-state index in [2.05, 4.69) is 25.7 Å². The largest absolute Gasteiger partial charge is 0.378 e. The predicted molar refractivity (Wildman–Crippen MR) is 101 cm³/mol. The van der Waals surface area contributed by atoms with Crippen molar-refractivity contribution >= 4 is 5.84 Å². The lowest BCUT2D eigenvalue weighted by atomic mass is 10.0. The first-order chi connectivity index (χ1) is 11.3. The highest BCUT2D eigenvalue weighted by Crippen LogP contribution is 2.16.